The molecule has 1 aliphatic rings. The van der Waals surface area contributed by atoms with Gasteiger partial charge < -0.3 is 15.0 Å². The van der Waals surface area contributed by atoms with Gasteiger partial charge in [-0.2, -0.15) is 0 Å². The molecule has 1 aromatic heterocycles. The second kappa shape index (κ2) is 8.35. The van der Waals surface area contributed by atoms with E-state index in [4.69, 9.17) is 4.74 Å². The number of nitrogens with zero attached hydrogens (tertiary/aromatic N) is 5. The Hall–Kier alpha value is -2.66. The Morgan fingerprint density at radius 3 is 2.81 bits per heavy atom. The summed E-state index contributed by atoms with van der Waals surface area (Å²) >= 11 is 1.28. The molecule has 1 aliphatic heterocycles. The van der Waals surface area contributed by atoms with Gasteiger partial charge in [-0.05, 0) is 13.0 Å². The van der Waals surface area contributed by atoms with Crippen LogP contribution in [0.5, 0.6) is 0 Å². The average molecular weight is 392 g/mol. The minimum atomic E-state index is -0.499. The second-order valence-corrected chi connectivity index (χ2v) is 7.31. The molecule has 144 valence electrons. The first kappa shape index (κ1) is 19.1. The Morgan fingerprint density at radius 2 is 2.11 bits per heavy atom. The summed E-state index contributed by atoms with van der Waals surface area (Å²) in [6.45, 7) is 4.55. The van der Waals surface area contributed by atoms with Crippen molar-refractivity contribution < 1.29 is 14.5 Å². The van der Waals surface area contributed by atoms with Crippen molar-refractivity contribution in [1.82, 2.24) is 14.8 Å². The Kier molecular flexibility index (Phi) is 5.91. The van der Waals surface area contributed by atoms with Gasteiger partial charge in [0.05, 0.1) is 23.4 Å². The molecule has 2 aromatic rings. The van der Waals surface area contributed by atoms with E-state index in [0.29, 0.717) is 24.1 Å². The summed E-state index contributed by atoms with van der Waals surface area (Å²) in [6, 6.07) is 5.85. The molecule has 11 heteroatoms. The molecular formula is C16H20N6O4S. The molecule has 27 heavy (non-hydrogen) atoms. The number of nitro benzene ring substituents is 1. The fourth-order valence-corrected chi connectivity index (χ4v) is 3.41. The first-order valence-corrected chi connectivity index (χ1v) is 9.27. The number of carbonyl (C=O) groups is 1. The van der Waals surface area contributed by atoms with Gasteiger partial charge >= 0.3 is 0 Å². The molecule has 10 nitrogen and oxygen atoms in total. The van der Waals surface area contributed by atoms with Gasteiger partial charge in [0.15, 0.2) is 5.16 Å². The molecule has 1 amide bonds. The number of hydrogen-bond donors (Lipinski definition) is 1. The molecule has 1 aromatic carbocycles. The van der Waals surface area contributed by atoms with Crippen LogP contribution >= 0.6 is 11.8 Å². The summed E-state index contributed by atoms with van der Waals surface area (Å²) in [5.41, 5.74) is 0.310. The SMILES string of the molecule is CC(Sc1nnc(N2CCOCC2)n1C)C(=O)Nc1cccc([N+](=O)[O-])c1. The molecule has 1 N–H and O–H groups in total. The van der Waals surface area contributed by atoms with Gasteiger partial charge in [-0.3, -0.25) is 19.5 Å². The number of amides is 1. The summed E-state index contributed by atoms with van der Waals surface area (Å²) in [5.74, 6) is 0.475. The quantitative estimate of drug-likeness (QED) is 0.448. The van der Waals surface area contributed by atoms with Gasteiger partial charge in [0.1, 0.15) is 0 Å². The normalized spacial score (nSPS) is 15.4. The molecule has 1 saturated heterocycles. The number of thioether (sulfide) groups is 1. The standard InChI is InChI=1S/C16H20N6O4S/c1-11(14(23)17-12-4-3-5-13(10-12)22(24)25)27-16-19-18-15(20(16)2)21-6-8-26-9-7-21/h3-5,10-11H,6-9H2,1-2H3,(H,17,23). The zero-order chi connectivity index (χ0) is 19.4. The Bertz CT molecular complexity index is 836. The number of morpholine rings is 1. The number of aromatic nitrogens is 3. The van der Waals surface area contributed by atoms with E-state index in [1.807, 2.05) is 11.6 Å². The topological polar surface area (TPSA) is 115 Å². The molecule has 3 rings (SSSR count). The molecule has 1 fully saturated rings. The average Bonchev–Trinajstić information content (AvgIpc) is 3.03. The van der Waals surface area contributed by atoms with Gasteiger partial charge in [0.25, 0.3) is 5.69 Å². The van der Waals surface area contributed by atoms with Crippen LogP contribution in [-0.4, -0.2) is 57.1 Å². The number of nitro groups is 1. The predicted octanol–water partition coefficient (Wildman–Crippen LogP) is 1.68. The molecular weight excluding hydrogens is 372 g/mol. The third-order valence-corrected chi connectivity index (χ3v) is 5.22. The van der Waals surface area contributed by atoms with E-state index in [9.17, 15) is 14.9 Å². The molecule has 1 atom stereocenters. The van der Waals surface area contributed by atoms with Crippen molar-refractivity contribution in [1.29, 1.82) is 0 Å². The number of ether oxygens (including phenoxy) is 1. The maximum absolute atomic E-state index is 12.4. The van der Waals surface area contributed by atoms with E-state index < -0.39 is 10.2 Å². The number of nitrogens with one attached hydrogen (secondary N) is 1. The van der Waals surface area contributed by atoms with E-state index in [-0.39, 0.29) is 11.6 Å². The molecule has 2 heterocycles. The number of hydrogen-bond acceptors (Lipinski definition) is 8. The van der Waals surface area contributed by atoms with Crippen LogP contribution in [0.3, 0.4) is 0 Å². The van der Waals surface area contributed by atoms with Crippen molar-refractivity contribution in [3.05, 3.63) is 34.4 Å². The number of rotatable bonds is 6. The van der Waals surface area contributed by atoms with Crippen LogP contribution in [0.15, 0.2) is 29.4 Å². The van der Waals surface area contributed by atoms with Gasteiger partial charge in [0.2, 0.25) is 11.9 Å². The van der Waals surface area contributed by atoms with Gasteiger partial charge in [-0.25, -0.2) is 0 Å². The lowest BCUT2D eigenvalue weighted by Gasteiger charge is -2.27. The first-order valence-electron chi connectivity index (χ1n) is 8.40. The van der Waals surface area contributed by atoms with Gasteiger partial charge in [-0.1, -0.05) is 17.8 Å². The van der Waals surface area contributed by atoms with Crippen LogP contribution in [0.2, 0.25) is 0 Å². The molecule has 1 unspecified atom stereocenters. The van der Waals surface area contributed by atoms with Crippen LogP contribution in [-0.2, 0) is 16.6 Å². The molecule has 0 spiro atoms. The highest BCUT2D eigenvalue weighted by molar-refractivity contribution is 8.00. The number of non-ortho nitro benzene ring substituents is 1. The molecule has 0 radical (unpaired) electrons. The smallest absolute Gasteiger partial charge is 0.271 e. The van der Waals surface area contributed by atoms with Crippen molar-refractivity contribution in [2.75, 3.05) is 36.5 Å². The summed E-state index contributed by atoms with van der Waals surface area (Å²) in [5, 5.41) is 22.1. The highest BCUT2D eigenvalue weighted by Gasteiger charge is 2.22. The van der Waals surface area contributed by atoms with Crippen LogP contribution < -0.4 is 10.2 Å². The van der Waals surface area contributed by atoms with Crippen molar-refractivity contribution in [3.63, 3.8) is 0 Å². The van der Waals surface area contributed by atoms with Crippen LogP contribution in [0, 0.1) is 10.1 Å². The first-order chi connectivity index (χ1) is 13.0. The van der Waals surface area contributed by atoms with Crippen molar-refractivity contribution in [2.45, 2.75) is 17.3 Å². The second-order valence-electron chi connectivity index (χ2n) is 6.00. The van der Waals surface area contributed by atoms with E-state index in [1.54, 1.807) is 13.0 Å². The number of anilines is 2. The van der Waals surface area contributed by atoms with Crippen molar-refractivity contribution >= 4 is 35.0 Å². The predicted molar refractivity (Wildman–Crippen MR) is 101 cm³/mol. The molecule has 0 saturated carbocycles. The van der Waals surface area contributed by atoms with Crippen LogP contribution in [0.4, 0.5) is 17.3 Å². The fourth-order valence-electron chi connectivity index (χ4n) is 2.60. The van der Waals surface area contributed by atoms with Gasteiger partial charge in [-0.15, -0.1) is 10.2 Å². The zero-order valence-corrected chi connectivity index (χ0v) is 15.8. The lowest BCUT2D eigenvalue weighted by Crippen LogP contribution is -2.37. The highest BCUT2D eigenvalue weighted by atomic mass is 32.2. The lowest BCUT2D eigenvalue weighted by atomic mass is 10.2. The van der Waals surface area contributed by atoms with Crippen molar-refractivity contribution in [3.8, 4) is 0 Å². The Balaban J connectivity index is 1.64. The highest BCUT2D eigenvalue weighted by Crippen LogP contribution is 2.26. The van der Waals surface area contributed by atoms with Crippen molar-refractivity contribution in [2.24, 2.45) is 7.05 Å². The van der Waals surface area contributed by atoms with E-state index in [0.717, 1.165) is 19.0 Å². The summed E-state index contributed by atoms with van der Waals surface area (Å²) < 4.78 is 7.20. The monoisotopic (exact) mass is 392 g/mol. The third-order valence-electron chi connectivity index (χ3n) is 4.08. The minimum absolute atomic E-state index is 0.0726. The molecule has 0 aliphatic carbocycles. The van der Waals surface area contributed by atoms with Crippen LogP contribution in [0.1, 0.15) is 6.92 Å². The summed E-state index contributed by atoms with van der Waals surface area (Å²) in [6.07, 6.45) is 0. The lowest BCUT2D eigenvalue weighted by molar-refractivity contribution is -0.384. The maximum Gasteiger partial charge on any atom is 0.271 e. The van der Waals surface area contributed by atoms with Crippen LogP contribution in [0.25, 0.3) is 0 Å². The minimum Gasteiger partial charge on any atom is -0.378 e. The van der Waals surface area contributed by atoms with E-state index in [1.165, 1.54) is 30.0 Å². The number of carbonyl (C=O) groups excluding carboxylic acids is 1. The third kappa shape index (κ3) is 4.55. The Morgan fingerprint density at radius 1 is 1.37 bits per heavy atom. The fraction of sp³-hybridized carbons (Fsp3) is 0.438. The Labute approximate surface area is 160 Å². The largest absolute Gasteiger partial charge is 0.378 e. The number of benzene rings is 1. The van der Waals surface area contributed by atoms with Gasteiger partial charge in [0, 0.05) is 38.0 Å². The molecule has 0 bridgehead atoms. The summed E-state index contributed by atoms with van der Waals surface area (Å²) in [7, 11) is 1.86. The van der Waals surface area contributed by atoms with E-state index in [2.05, 4.69) is 20.4 Å². The maximum atomic E-state index is 12.4. The summed E-state index contributed by atoms with van der Waals surface area (Å²) in [4.78, 5) is 24.9. The van der Waals surface area contributed by atoms with E-state index >= 15 is 0 Å². The zero-order valence-electron chi connectivity index (χ0n) is 15.0.